The van der Waals surface area contributed by atoms with Gasteiger partial charge in [-0.05, 0) is 12.1 Å². The van der Waals surface area contributed by atoms with Gasteiger partial charge in [0, 0.05) is 31.0 Å². The Hall–Kier alpha value is -3.22. The van der Waals surface area contributed by atoms with E-state index in [0.717, 1.165) is 17.3 Å². The first-order valence-corrected chi connectivity index (χ1v) is 6.39. The minimum absolute atomic E-state index is 0.734. The molecule has 0 aliphatic heterocycles. The molecule has 0 amide bonds. The summed E-state index contributed by atoms with van der Waals surface area (Å²) in [6.45, 7) is 0. The Morgan fingerprint density at radius 1 is 0.905 bits per heavy atom. The average molecular weight is 277 g/mol. The molecule has 4 rings (SSSR count). The topological polar surface area (TPSA) is 66.3 Å². The molecule has 0 bridgehead atoms. The van der Waals surface area contributed by atoms with Crippen LogP contribution in [0.2, 0.25) is 0 Å². The molecule has 0 radical (unpaired) electrons. The van der Waals surface area contributed by atoms with Crippen molar-refractivity contribution in [3.63, 3.8) is 0 Å². The molecule has 0 saturated heterocycles. The zero-order chi connectivity index (χ0) is 14.1. The number of pyridine rings is 1. The summed E-state index contributed by atoms with van der Waals surface area (Å²) >= 11 is 0. The predicted molar refractivity (Wildman–Crippen MR) is 75.6 cm³/mol. The van der Waals surface area contributed by atoms with Gasteiger partial charge in [0.05, 0.1) is 6.20 Å². The van der Waals surface area contributed by atoms with E-state index in [-0.39, 0.29) is 0 Å². The fourth-order valence-electron chi connectivity index (χ4n) is 2.10. The van der Waals surface area contributed by atoms with Crippen molar-refractivity contribution in [1.29, 1.82) is 0 Å². The van der Waals surface area contributed by atoms with Crippen LogP contribution in [-0.4, -0.2) is 33.9 Å². The number of hydrogen-bond acceptors (Lipinski definition) is 4. The quantitative estimate of drug-likeness (QED) is 0.571. The van der Waals surface area contributed by atoms with Crippen LogP contribution in [0.25, 0.3) is 17.3 Å². The highest BCUT2D eigenvalue weighted by atomic mass is 15.5. The lowest BCUT2D eigenvalue weighted by molar-refractivity contribution is 0.663. The SMILES string of the molecule is c1ccc(-c2nc(-n3ccnc3)cn2-n2ccnc2)nc1. The van der Waals surface area contributed by atoms with Gasteiger partial charge in [0.1, 0.15) is 18.3 Å². The third kappa shape index (κ3) is 2.00. The highest BCUT2D eigenvalue weighted by molar-refractivity contribution is 5.51. The highest BCUT2D eigenvalue weighted by Crippen LogP contribution is 2.18. The molecule has 0 aliphatic rings. The molecule has 0 aliphatic carbocycles. The number of aromatic nitrogens is 7. The van der Waals surface area contributed by atoms with Crippen molar-refractivity contribution >= 4 is 0 Å². The lowest BCUT2D eigenvalue weighted by Gasteiger charge is -2.06. The van der Waals surface area contributed by atoms with E-state index in [1.54, 1.807) is 31.2 Å². The van der Waals surface area contributed by atoms with E-state index >= 15 is 0 Å². The van der Waals surface area contributed by atoms with Crippen LogP contribution in [0.5, 0.6) is 0 Å². The molecule has 0 fully saturated rings. The van der Waals surface area contributed by atoms with Crippen LogP contribution in [-0.2, 0) is 0 Å². The highest BCUT2D eigenvalue weighted by Gasteiger charge is 2.13. The van der Waals surface area contributed by atoms with Gasteiger partial charge in [-0.25, -0.2) is 24.3 Å². The van der Waals surface area contributed by atoms with Gasteiger partial charge in [-0.3, -0.25) is 9.55 Å². The molecule has 0 atom stereocenters. The van der Waals surface area contributed by atoms with Gasteiger partial charge in [-0.2, -0.15) is 0 Å². The Labute approximate surface area is 120 Å². The Morgan fingerprint density at radius 3 is 2.52 bits per heavy atom. The van der Waals surface area contributed by atoms with Crippen LogP contribution in [0.3, 0.4) is 0 Å². The molecule has 0 saturated carbocycles. The van der Waals surface area contributed by atoms with Crippen molar-refractivity contribution < 1.29 is 0 Å². The van der Waals surface area contributed by atoms with Gasteiger partial charge in [-0.15, -0.1) is 0 Å². The largest absolute Gasteiger partial charge is 0.289 e. The first kappa shape index (κ1) is 11.6. The molecular formula is C14H11N7. The van der Waals surface area contributed by atoms with Crippen LogP contribution in [0, 0.1) is 0 Å². The molecule has 4 aromatic rings. The Kier molecular flexibility index (Phi) is 2.60. The summed E-state index contributed by atoms with van der Waals surface area (Å²) in [4.78, 5) is 17.2. The number of imidazole rings is 3. The summed E-state index contributed by atoms with van der Waals surface area (Å²) in [6, 6.07) is 5.74. The van der Waals surface area contributed by atoms with Gasteiger partial charge in [-0.1, -0.05) is 6.07 Å². The van der Waals surface area contributed by atoms with E-state index in [1.165, 1.54) is 0 Å². The Bertz CT molecular complexity index is 829. The summed E-state index contributed by atoms with van der Waals surface area (Å²) in [5.41, 5.74) is 0.789. The number of rotatable bonds is 3. The maximum atomic E-state index is 4.65. The van der Waals surface area contributed by atoms with Gasteiger partial charge in [0.2, 0.25) is 0 Å². The van der Waals surface area contributed by atoms with E-state index in [0.29, 0.717) is 0 Å². The summed E-state index contributed by atoms with van der Waals surface area (Å²) < 4.78 is 5.59. The molecule has 4 heterocycles. The molecule has 0 N–H and O–H groups in total. The fraction of sp³-hybridized carbons (Fsp3) is 0. The summed E-state index contributed by atoms with van der Waals surface area (Å²) in [6.07, 6.45) is 14.2. The lowest BCUT2D eigenvalue weighted by Crippen LogP contribution is -2.07. The van der Waals surface area contributed by atoms with Crippen molar-refractivity contribution in [2.24, 2.45) is 0 Å². The molecular weight excluding hydrogens is 266 g/mol. The average Bonchev–Trinajstić information content (AvgIpc) is 3.27. The molecule has 7 heteroatoms. The van der Waals surface area contributed by atoms with Crippen molar-refractivity contribution in [3.05, 3.63) is 68.0 Å². The summed E-state index contributed by atoms with van der Waals surface area (Å²) in [5, 5.41) is 0. The van der Waals surface area contributed by atoms with E-state index in [1.807, 2.05) is 50.7 Å². The fourth-order valence-corrected chi connectivity index (χ4v) is 2.10. The first-order chi connectivity index (χ1) is 10.4. The second kappa shape index (κ2) is 4.71. The summed E-state index contributed by atoms with van der Waals surface area (Å²) in [5.74, 6) is 1.50. The molecule has 4 aromatic heterocycles. The minimum atomic E-state index is 0.734. The van der Waals surface area contributed by atoms with Crippen molar-refractivity contribution in [2.75, 3.05) is 0 Å². The van der Waals surface area contributed by atoms with Gasteiger partial charge in [0.25, 0.3) is 0 Å². The molecule has 0 spiro atoms. The molecule has 0 aromatic carbocycles. The van der Waals surface area contributed by atoms with Crippen LogP contribution >= 0.6 is 0 Å². The second-order valence-corrected chi connectivity index (χ2v) is 4.39. The minimum Gasteiger partial charge on any atom is -0.289 e. The summed E-state index contributed by atoms with van der Waals surface area (Å²) in [7, 11) is 0. The van der Waals surface area contributed by atoms with E-state index < -0.39 is 0 Å². The second-order valence-electron chi connectivity index (χ2n) is 4.39. The van der Waals surface area contributed by atoms with E-state index in [2.05, 4.69) is 19.9 Å². The molecule has 21 heavy (non-hydrogen) atoms. The normalized spacial score (nSPS) is 10.9. The molecule has 102 valence electrons. The molecule has 0 unspecified atom stereocenters. The zero-order valence-electron chi connectivity index (χ0n) is 11.0. The first-order valence-electron chi connectivity index (χ1n) is 6.39. The van der Waals surface area contributed by atoms with Crippen LogP contribution < -0.4 is 0 Å². The van der Waals surface area contributed by atoms with Crippen LogP contribution in [0.15, 0.2) is 68.0 Å². The van der Waals surface area contributed by atoms with Crippen molar-refractivity contribution in [3.8, 4) is 17.3 Å². The van der Waals surface area contributed by atoms with Crippen LogP contribution in [0.1, 0.15) is 0 Å². The van der Waals surface area contributed by atoms with Gasteiger partial charge < -0.3 is 0 Å². The van der Waals surface area contributed by atoms with E-state index in [4.69, 9.17) is 0 Å². The maximum absolute atomic E-state index is 4.65. The van der Waals surface area contributed by atoms with E-state index in [9.17, 15) is 0 Å². The maximum Gasteiger partial charge on any atom is 0.180 e. The smallest absolute Gasteiger partial charge is 0.180 e. The van der Waals surface area contributed by atoms with Gasteiger partial charge in [0.15, 0.2) is 11.6 Å². The Balaban J connectivity index is 1.92. The predicted octanol–water partition coefficient (Wildman–Crippen LogP) is 1.64. The third-order valence-electron chi connectivity index (χ3n) is 3.08. The molecule has 7 nitrogen and oxygen atoms in total. The zero-order valence-corrected chi connectivity index (χ0v) is 11.0. The van der Waals surface area contributed by atoms with Crippen molar-refractivity contribution in [2.45, 2.75) is 0 Å². The van der Waals surface area contributed by atoms with Gasteiger partial charge >= 0.3 is 0 Å². The number of nitrogens with zero attached hydrogens (tertiary/aromatic N) is 7. The lowest BCUT2D eigenvalue weighted by atomic mass is 10.3. The van der Waals surface area contributed by atoms with Crippen LogP contribution in [0.4, 0.5) is 0 Å². The standard InChI is InChI=1S/C14H11N7/c1-2-4-17-12(3-1)14-18-13(19-7-5-15-10-19)9-21(14)20-8-6-16-11-20/h1-11H. The third-order valence-corrected chi connectivity index (χ3v) is 3.08. The van der Waals surface area contributed by atoms with Crippen molar-refractivity contribution in [1.82, 2.24) is 33.9 Å². The Morgan fingerprint density at radius 2 is 1.81 bits per heavy atom. The monoisotopic (exact) mass is 277 g/mol. The number of hydrogen-bond donors (Lipinski definition) is 0.